The smallest absolute Gasteiger partial charge is 0.108 e. The minimum atomic E-state index is -0.257. The quantitative estimate of drug-likeness (QED) is 0.847. The van der Waals surface area contributed by atoms with Crippen molar-refractivity contribution >= 4 is 0 Å². The number of nitriles is 1. The van der Waals surface area contributed by atoms with E-state index in [9.17, 15) is 5.26 Å². The highest BCUT2D eigenvalue weighted by Gasteiger charge is 2.39. The molecule has 0 radical (unpaired) electrons. The summed E-state index contributed by atoms with van der Waals surface area (Å²) in [5, 5.41) is 13.0. The first-order valence-corrected chi connectivity index (χ1v) is 8.16. The fourth-order valence-electron chi connectivity index (χ4n) is 4.11. The molecule has 0 aromatic heterocycles. The Balaban J connectivity index is 2.05. The molecule has 3 atom stereocenters. The van der Waals surface area contributed by atoms with Crippen molar-refractivity contribution in [3.63, 3.8) is 0 Å². The summed E-state index contributed by atoms with van der Waals surface area (Å²) in [4.78, 5) is 2.73. The highest BCUT2D eigenvalue weighted by molar-refractivity contribution is 5.11. The van der Waals surface area contributed by atoms with Gasteiger partial charge in [-0.15, -0.1) is 0 Å². The molecule has 19 heavy (non-hydrogen) atoms. The van der Waals surface area contributed by atoms with Crippen molar-refractivity contribution < 1.29 is 0 Å². The van der Waals surface area contributed by atoms with Crippen molar-refractivity contribution in [3.8, 4) is 6.07 Å². The van der Waals surface area contributed by atoms with Crippen LogP contribution in [0, 0.1) is 11.3 Å². The molecule has 3 heteroatoms. The van der Waals surface area contributed by atoms with E-state index >= 15 is 0 Å². The lowest BCUT2D eigenvalue weighted by Crippen LogP contribution is -2.55. The molecule has 3 nitrogen and oxygen atoms in total. The van der Waals surface area contributed by atoms with Crippen molar-refractivity contribution in [2.45, 2.75) is 82.8 Å². The number of rotatable bonds is 4. The third-order valence-corrected chi connectivity index (χ3v) is 5.07. The lowest BCUT2D eigenvalue weighted by atomic mass is 9.78. The van der Waals surface area contributed by atoms with Crippen LogP contribution < -0.4 is 5.32 Å². The molecule has 1 N–H and O–H groups in total. The van der Waals surface area contributed by atoms with E-state index in [2.05, 4.69) is 30.1 Å². The van der Waals surface area contributed by atoms with Gasteiger partial charge in [-0.05, 0) is 58.0 Å². The first-order chi connectivity index (χ1) is 9.24. The van der Waals surface area contributed by atoms with E-state index in [1.165, 1.54) is 45.1 Å². The maximum Gasteiger partial charge on any atom is 0.108 e. The number of nitrogens with one attached hydrogen (secondary N) is 1. The van der Waals surface area contributed by atoms with Crippen LogP contribution in [0.15, 0.2) is 0 Å². The average Bonchev–Trinajstić information content (AvgIpc) is 2.47. The Hall–Kier alpha value is -0.590. The van der Waals surface area contributed by atoms with E-state index in [-0.39, 0.29) is 5.54 Å². The fraction of sp³-hybridized carbons (Fsp3) is 0.938. The molecule has 2 fully saturated rings. The molecule has 108 valence electrons. The monoisotopic (exact) mass is 263 g/mol. The molecule has 3 unspecified atom stereocenters. The Labute approximate surface area is 118 Å². The van der Waals surface area contributed by atoms with Crippen molar-refractivity contribution in [3.05, 3.63) is 0 Å². The van der Waals surface area contributed by atoms with Crippen LogP contribution in [-0.4, -0.2) is 35.6 Å². The number of hydrogen-bond acceptors (Lipinski definition) is 3. The molecule has 1 aliphatic heterocycles. The van der Waals surface area contributed by atoms with Crippen molar-refractivity contribution in [1.82, 2.24) is 10.2 Å². The summed E-state index contributed by atoms with van der Waals surface area (Å²) in [7, 11) is 0. The van der Waals surface area contributed by atoms with Crippen LogP contribution in [0.5, 0.6) is 0 Å². The van der Waals surface area contributed by atoms with Crippen molar-refractivity contribution in [2.24, 2.45) is 0 Å². The van der Waals surface area contributed by atoms with Gasteiger partial charge in [-0.25, -0.2) is 0 Å². The molecule has 0 amide bonds. The van der Waals surface area contributed by atoms with Gasteiger partial charge >= 0.3 is 0 Å². The predicted molar refractivity (Wildman–Crippen MR) is 78.9 cm³/mol. The predicted octanol–water partition coefficient (Wildman–Crippen LogP) is 3.07. The minimum absolute atomic E-state index is 0.257. The first kappa shape index (κ1) is 14.8. The second-order valence-corrected chi connectivity index (χ2v) is 6.27. The van der Waals surface area contributed by atoms with Gasteiger partial charge in [0.05, 0.1) is 6.07 Å². The van der Waals surface area contributed by atoms with Gasteiger partial charge in [-0.2, -0.15) is 5.26 Å². The number of piperidine rings is 1. The SMILES string of the molecule is CCNC1(C#N)CCCC(N2CCCCC2CC)C1. The van der Waals surface area contributed by atoms with E-state index in [4.69, 9.17) is 0 Å². The minimum Gasteiger partial charge on any atom is -0.300 e. The van der Waals surface area contributed by atoms with Crippen LogP contribution in [0.3, 0.4) is 0 Å². The van der Waals surface area contributed by atoms with Crippen LogP contribution in [0.2, 0.25) is 0 Å². The highest BCUT2D eigenvalue weighted by atomic mass is 15.2. The average molecular weight is 263 g/mol. The Bertz CT molecular complexity index is 318. The standard InChI is InChI=1S/C16H29N3/c1-3-14-8-5-6-11-19(14)15-9-7-10-16(12-15,13-17)18-4-2/h14-15,18H,3-12H2,1-2H3. The van der Waals surface area contributed by atoms with Crippen LogP contribution in [0.1, 0.15) is 65.2 Å². The summed E-state index contributed by atoms with van der Waals surface area (Å²) in [5.41, 5.74) is -0.257. The largest absolute Gasteiger partial charge is 0.300 e. The number of likely N-dealkylation sites (tertiary alicyclic amines) is 1. The molecular weight excluding hydrogens is 234 g/mol. The summed E-state index contributed by atoms with van der Waals surface area (Å²) in [5.74, 6) is 0. The maximum absolute atomic E-state index is 9.58. The Morgan fingerprint density at radius 3 is 2.79 bits per heavy atom. The third kappa shape index (κ3) is 3.30. The lowest BCUT2D eigenvalue weighted by molar-refractivity contribution is 0.0523. The van der Waals surface area contributed by atoms with Crippen LogP contribution in [0.4, 0.5) is 0 Å². The van der Waals surface area contributed by atoms with Gasteiger partial charge in [0.1, 0.15) is 5.54 Å². The maximum atomic E-state index is 9.58. The van der Waals surface area contributed by atoms with E-state index in [1.807, 2.05) is 0 Å². The van der Waals surface area contributed by atoms with Crippen LogP contribution in [-0.2, 0) is 0 Å². The van der Waals surface area contributed by atoms with Crippen LogP contribution in [0.25, 0.3) is 0 Å². The van der Waals surface area contributed by atoms with Gasteiger partial charge in [0.25, 0.3) is 0 Å². The molecule has 1 saturated carbocycles. The Morgan fingerprint density at radius 2 is 2.11 bits per heavy atom. The zero-order valence-electron chi connectivity index (χ0n) is 12.6. The Morgan fingerprint density at radius 1 is 1.26 bits per heavy atom. The molecule has 2 aliphatic rings. The molecule has 0 spiro atoms. The fourth-order valence-corrected chi connectivity index (χ4v) is 4.11. The van der Waals surface area contributed by atoms with E-state index in [0.717, 1.165) is 25.4 Å². The normalized spacial score (nSPS) is 36.9. The van der Waals surface area contributed by atoms with Crippen molar-refractivity contribution in [2.75, 3.05) is 13.1 Å². The summed E-state index contributed by atoms with van der Waals surface area (Å²) in [6, 6.07) is 3.96. The summed E-state index contributed by atoms with van der Waals surface area (Å²) >= 11 is 0. The van der Waals surface area contributed by atoms with E-state index < -0.39 is 0 Å². The lowest BCUT2D eigenvalue weighted by Gasteiger charge is -2.46. The van der Waals surface area contributed by atoms with Crippen LogP contribution >= 0.6 is 0 Å². The van der Waals surface area contributed by atoms with Gasteiger partial charge < -0.3 is 0 Å². The van der Waals surface area contributed by atoms with Gasteiger partial charge in [0, 0.05) is 12.1 Å². The zero-order chi connectivity index (χ0) is 13.7. The summed E-state index contributed by atoms with van der Waals surface area (Å²) in [6.07, 6.45) is 9.87. The second-order valence-electron chi connectivity index (χ2n) is 6.27. The van der Waals surface area contributed by atoms with Gasteiger partial charge in [0.15, 0.2) is 0 Å². The molecule has 1 saturated heterocycles. The van der Waals surface area contributed by atoms with E-state index in [0.29, 0.717) is 6.04 Å². The molecule has 0 aromatic carbocycles. The Kier molecular flexibility index (Phi) is 5.24. The highest BCUT2D eigenvalue weighted by Crippen LogP contribution is 2.34. The first-order valence-electron chi connectivity index (χ1n) is 8.16. The summed E-state index contributed by atoms with van der Waals surface area (Å²) < 4.78 is 0. The van der Waals surface area contributed by atoms with E-state index in [1.54, 1.807) is 0 Å². The molecule has 1 aliphatic carbocycles. The number of hydrogen-bond donors (Lipinski definition) is 1. The van der Waals surface area contributed by atoms with Gasteiger partial charge in [0.2, 0.25) is 0 Å². The molecule has 0 bridgehead atoms. The van der Waals surface area contributed by atoms with Gasteiger partial charge in [-0.1, -0.05) is 20.3 Å². The molecule has 0 aromatic rings. The topological polar surface area (TPSA) is 39.1 Å². The summed E-state index contributed by atoms with van der Waals surface area (Å²) in [6.45, 7) is 6.57. The number of nitrogens with zero attached hydrogens (tertiary/aromatic N) is 2. The molecule has 1 heterocycles. The third-order valence-electron chi connectivity index (χ3n) is 5.07. The van der Waals surface area contributed by atoms with Gasteiger partial charge in [-0.3, -0.25) is 10.2 Å². The molecule has 2 rings (SSSR count). The zero-order valence-corrected chi connectivity index (χ0v) is 12.6. The second kappa shape index (κ2) is 6.72. The van der Waals surface area contributed by atoms with Crippen molar-refractivity contribution in [1.29, 1.82) is 5.26 Å². The molecular formula is C16H29N3.